The molecular weight excluding hydrogens is 271 g/mol. The summed E-state index contributed by atoms with van der Waals surface area (Å²) in [5.74, 6) is 1.13. The fourth-order valence-corrected chi connectivity index (χ4v) is 2.44. The molecule has 0 spiro atoms. The minimum atomic E-state index is -2.22. The molecule has 3 nitrogen and oxygen atoms in total. The van der Waals surface area contributed by atoms with Gasteiger partial charge in [-0.3, -0.25) is 0 Å². The van der Waals surface area contributed by atoms with E-state index in [9.17, 15) is 4.57 Å². The number of benzene rings is 2. The second kappa shape index (κ2) is 7.06. The fourth-order valence-electron chi connectivity index (χ4n) is 1.84. The highest BCUT2D eigenvalue weighted by molar-refractivity contribution is 7.34. The maximum Gasteiger partial charge on any atom is 0.805 e. The van der Waals surface area contributed by atoms with Crippen LogP contribution in [0.5, 0.6) is 11.5 Å². The average molecular weight is 289 g/mol. The normalized spacial score (nSPS) is 10.1. The Kier molecular flexibility index (Phi) is 5.14. The van der Waals surface area contributed by atoms with Crippen molar-refractivity contribution in [3.8, 4) is 11.5 Å². The van der Waals surface area contributed by atoms with Crippen LogP contribution in [0.4, 0.5) is 0 Å². The summed E-state index contributed by atoms with van der Waals surface area (Å²) in [5, 5.41) is 0. The number of hydrogen-bond donors (Lipinski definition) is 0. The molecule has 0 aliphatic rings. The maximum absolute atomic E-state index is 11.9. The smallest absolute Gasteiger partial charge is 0.222 e. The minimum Gasteiger partial charge on any atom is -0.222 e. The van der Waals surface area contributed by atoms with Gasteiger partial charge in [-0.1, -0.05) is 38.1 Å². The van der Waals surface area contributed by atoms with Gasteiger partial charge >= 0.3 is 8.25 Å². The molecule has 0 saturated carbocycles. The average Bonchev–Trinajstić information content (AvgIpc) is 2.47. The van der Waals surface area contributed by atoms with E-state index in [0.717, 1.165) is 24.0 Å². The Balaban J connectivity index is 2.01. The Hall–Kier alpha value is -1.86. The SMILES string of the molecule is CCc1cccc(O[P+](=O)Oc2cccc(CC)c2)c1. The van der Waals surface area contributed by atoms with E-state index in [-0.39, 0.29) is 0 Å². The van der Waals surface area contributed by atoms with Crippen molar-refractivity contribution in [3.63, 3.8) is 0 Å². The topological polar surface area (TPSA) is 35.5 Å². The lowest BCUT2D eigenvalue weighted by Crippen LogP contribution is -1.90. The zero-order valence-corrected chi connectivity index (χ0v) is 12.6. The van der Waals surface area contributed by atoms with Crippen molar-refractivity contribution < 1.29 is 13.6 Å². The van der Waals surface area contributed by atoms with E-state index in [0.29, 0.717) is 11.5 Å². The molecule has 0 amide bonds. The molecule has 0 heterocycles. The van der Waals surface area contributed by atoms with Gasteiger partial charge < -0.3 is 0 Å². The first kappa shape index (κ1) is 14.5. The molecule has 0 bridgehead atoms. The van der Waals surface area contributed by atoms with Crippen molar-refractivity contribution in [2.24, 2.45) is 0 Å². The van der Waals surface area contributed by atoms with Gasteiger partial charge in [0.2, 0.25) is 0 Å². The van der Waals surface area contributed by atoms with Crippen LogP contribution < -0.4 is 9.05 Å². The summed E-state index contributed by atoms with van der Waals surface area (Å²) in [7, 11) is -2.22. The second-order valence-corrected chi connectivity index (χ2v) is 5.22. The van der Waals surface area contributed by atoms with Crippen molar-refractivity contribution >= 4 is 8.25 Å². The van der Waals surface area contributed by atoms with Crippen LogP contribution in [-0.4, -0.2) is 0 Å². The Morgan fingerprint density at radius 3 is 1.70 bits per heavy atom. The van der Waals surface area contributed by atoms with Crippen molar-refractivity contribution in [1.29, 1.82) is 0 Å². The molecule has 2 aromatic carbocycles. The largest absolute Gasteiger partial charge is 0.805 e. The summed E-state index contributed by atoms with van der Waals surface area (Å²) in [6, 6.07) is 15.1. The second-order valence-electron chi connectivity index (χ2n) is 4.41. The van der Waals surface area contributed by atoms with Gasteiger partial charge in [0.1, 0.15) is 0 Å². The Morgan fingerprint density at radius 2 is 1.30 bits per heavy atom. The molecule has 0 radical (unpaired) electrons. The van der Waals surface area contributed by atoms with E-state index in [1.165, 1.54) is 0 Å². The third kappa shape index (κ3) is 4.07. The van der Waals surface area contributed by atoms with Crippen LogP contribution in [0.1, 0.15) is 25.0 Å². The summed E-state index contributed by atoms with van der Waals surface area (Å²) >= 11 is 0. The summed E-state index contributed by atoms with van der Waals surface area (Å²) in [4.78, 5) is 0. The van der Waals surface area contributed by atoms with Gasteiger partial charge in [0.05, 0.1) is 0 Å². The highest BCUT2D eigenvalue weighted by Crippen LogP contribution is 2.31. The highest BCUT2D eigenvalue weighted by atomic mass is 31.1. The molecule has 0 unspecified atom stereocenters. The van der Waals surface area contributed by atoms with Gasteiger partial charge in [-0.25, -0.2) is 9.05 Å². The van der Waals surface area contributed by atoms with E-state index in [4.69, 9.17) is 9.05 Å². The highest BCUT2D eigenvalue weighted by Gasteiger charge is 2.24. The van der Waals surface area contributed by atoms with Crippen LogP contribution in [0.3, 0.4) is 0 Å². The Labute approximate surface area is 120 Å². The monoisotopic (exact) mass is 289 g/mol. The quantitative estimate of drug-likeness (QED) is 0.707. The van der Waals surface area contributed by atoms with Crippen molar-refractivity contribution in [3.05, 3.63) is 59.7 Å². The first-order valence-electron chi connectivity index (χ1n) is 6.72. The van der Waals surface area contributed by atoms with Gasteiger partial charge in [-0.15, -0.1) is 0 Å². The Morgan fingerprint density at radius 1 is 0.850 bits per heavy atom. The minimum absolute atomic E-state index is 0.567. The summed E-state index contributed by atoms with van der Waals surface area (Å²) in [6.45, 7) is 4.12. The van der Waals surface area contributed by atoms with Crippen LogP contribution in [0, 0.1) is 0 Å². The molecule has 0 N–H and O–H groups in total. The molecule has 0 saturated heterocycles. The predicted octanol–water partition coefficient (Wildman–Crippen LogP) is 4.93. The van der Waals surface area contributed by atoms with E-state index < -0.39 is 8.25 Å². The molecule has 2 aromatic rings. The van der Waals surface area contributed by atoms with Crippen molar-refractivity contribution in [2.45, 2.75) is 26.7 Å². The molecule has 0 atom stereocenters. The molecule has 104 valence electrons. The molecule has 0 aliphatic carbocycles. The molecule has 0 aromatic heterocycles. The van der Waals surface area contributed by atoms with E-state index >= 15 is 0 Å². The van der Waals surface area contributed by atoms with Crippen LogP contribution in [-0.2, 0) is 17.4 Å². The molecule has 2 rings (SSSR count). The first-order chi connectivity index (χ1) is 9.71. The zero-order valence-electron chi connectivity index (χ0n) is 11.7. The molecule has 20 heavy (non-hydrogen) atoms. The van der Waals surface area contributed by atoms with E-state index in [1.54, 1.807) is 12.1 Å². The standard InChI is InChI=1S/C16H18O3P/c1-3-13-7-5-9-15(11-13)18-20(17)19-16-10-6-8-14(4-2)12-16/h5-12H,3-4H2,1-2H3/q+1. The fraction of sp³-hybridized carbons (Fsp3) is 0.250. The van der Waals surface area contributed by atoms with Gasteiger partial charge in [0, 0.05) is 4.57 Å². The van der Waals surface area contributed by atoms with Gasteiger partial charge in [0.25, 0.3) is 0 Å². The molecule has 0 fully saturated rings. The molecule has 0 aliphatic heterocycles. The number of hydrogen-bond acceptors (Lipinski definition) is 3. The van der Waals surface area contributed by atoms with Gasteiger partial charge in [0.15, 0.2) is 11.5 Å². The summed E-state index contributed by atoms with van der Waals surface area (Å²) < 4.78 is 22.5. The van der Waals surface area contributed by atoms with Gasteiger partial charge in [-0.05, 0) is 48.2 Å². The summed E-state index contributed by atoms with van der Waals surface area (Å²) in [5.41, 5.74) is 2.28. The number of rotatable bonds is 6. The van der Waals surface area contributed by atoms with Crippen LogP contribution in [0.2, 0.25) is 0 Å². The summed E-state index contributed by atoms with van der Waals surface area (Å²) in [6.07, 6.45) is 1.82. The molecule has 4 heteroatoms. The van der Waals surface area contributed by atoms with E-state index in [2.05, 4.69) is 13.8 Å². The zero-order chi connectivity index (χ0) is 14.4. The third-order valence-electron chi connectivity index (χ3n) is 2.97. The number of aryl methyl sites for hydroxylation is 2. The van der Waals surface area contributed by atoms with E-state index in [1.807, 2.05) is 36.4 Å². The van der Waals surface area contributed by atoms with Crippen LogP contribution in [0.15, 0.2) is 48.5 Å². The third-order valence-corrected chi connectivity index (χ3v) is 3.69. The van der Waals surface area contributed by atoms with Gasteiger partial charge in [-0.2, -0.15) is 0 Å². The van der Waals surface area contributed by atoms with Crippen LogP contribution in [0.25, 0.3) is 0 Å². The lowest BCUT2D eigenvalue weighted by molar-refractivity contribution is 0.415. The lowest BCUT2D eigenvalue weighted by Gasteiger charge is -1.99. The Bertz CT molecular complexity index is 544. The van der Waals surface area contributed by atoms with Crippen molar-refractivity contribution in [1.82, 2.24) is 0 Å². The van der Waals surface area contributed by atoms with Crippen molar-refractivity contribution in [2.75, 3.05) is 0 Å². The lowest BCUT2D eigenvalue weighted by atomic mass is 10.2. The van der Waals surface area contributed by atoms with Crippen LogP contribution >= 0.6 is 8.25 Å². The predicted molar refractivity (Wildman–Crippen MR) is 80.5 cm³/mol. The maximum atomic E-state index is 11.9. The first-order valence-corrected chi connectivity index (χ1v) is 7.82. The molecular formula is C16H18O3P+.